The number of hydrogen-bond acceptors (Lipinski definition) is 4. The fraction of sp³-hybridized carbons (Fsp3) is 0.250. The molecule has 0 aliphatic carbocycles. The number of hydrogen-bond donors (Lipinski definition) is 1. The van der Waals surface area contributed by atoms with E-state index in [0.29, 0.717) is 31.2 Å². The summed E-state index contributed by atoms with van der Waals surface area (Å²) in [6.07, 6.45) is 0.750. The second kappa shape index (κ2) is 7.75. The molecule has 0 aliphatic heterocycles. The highest BCUT2D eigenvalue weighted by Gasteiger charge is 2.10. The molecule has 1 aromatic heterocycles. The maximum absolute atomic E-state index is 12.0. The van der Waals surface area contributed by atoms with E-state index in [4.69, 9.17) is 4.42 Å². The highest BCUT2D eigenvalue weighted by molar-refractivity contribution is 5.76. The molecule has 1 N–H and O–H groups in total. The first-order chi connectivity index (χ1) is 12.1. The number of carbonyl (C=O) groups is 1. The summed E-state index contributed by atoms with van der Waals surface area (Å²) in [5.74, 6) is 0.922. The topological polar surface area (TPSA) is 68.0 Å². The Morgan fingerprint density at radius 2 is 1.88 bits per heavy atom. The normalized spacial score (nSPS) is 10.6. The van der Waals surface area contributed by atoms with Crippen LogP contribution in [0.4, 0.5) is 0 Å². The molecule has 1 amide bonds. The van der Waals surface area contributed by atoms with Crippen molar-refractivity contribution >= 4 is 5.91 Å². The SMILES string of the molecule is Cc1ccc(CNC(=O)CCc2nnc(-c3ccccc3)o2)c(C)c1. The van der Waals surface area contributed by atoms with E-state index < -0.39 is 0 Å². The van der Waals surface area contributed by atoms with Gasteiger partial charge in [0.2, 0.25) is 17.7 Å². The number of aryl methyl sites for hydroxylation is 3. The zero-order valence-electron chi connectivity index (χ0n) is 14.5. The molecule has 2 aromatic carbocycles. The minimum absolute atomic E-state index is 0.0283. The van der Waals surface area contributed by atoms with Crippen molar-refractivity contribution in [1.29, 1.82) is 0 Å². The van der Waals surface area contributed by atoms with Crippen LogP contribution in [0.2, 0.25) is 0 Å². The van der Waals surface area contributed by atoms with Crippen molar-refractivity contribution in [1.82, 2.24) is 15.5 Å². The summed E-state index contributed by atoms with van der Waals surface area (Å²) in [4.78, 5) is 12.0. The van der Waals surface area contributed by atoms with Gasteiger partial charge >= 0.3 is 0 Å². The van der Waals surface area contributed by atoms with E-state index in [1.165, 1.54) is 11.1 Å². The summed E-state index contributed by atoms with van der Waals surface area (Å²) in [6.45, 7) is 4.64. The average molecular weight is 335 g/mol. The Hall–Kier alpha value is -2.95. The standard InChI is InChI=1S/C20H21N3O2/c1-14-8-9-17(15(2)12-14)13-21-18(24)10-11-19-22-23-20(25-19)16-6-4-3-5-7-16/h3-9,12H,10-11,13H2,1-2H3,(H,21,24). The minimum atomic E-state index is -0.0283. The lowest BCUT2D eigenvalue weighted by molar-refractivity contribution is -0.121. The predicted octanol–water partition coefficient (Wildman–Crippen LogP) is 3.60. The molecular formula is C20H21N3O2. The number of carbonyl (C=O) groups excluding carboxylic acids is 1. The number of nitrogens with zero attached hydrogens (tertiary/aromatic N) is 2. The molecule has 0 aliphatic rings. The zero-order chi connectivity index (χ0) is 17.6. The summed E-state index contributed by atoms with van der Waals surface area (Å²) < 4.78 is 5.61. The lowest BCUT2D eigenvalue weighted by Crippen LogP contribution is -2.23. The molecule has 0 saturated heterocycles. The summed E-state index contributed by atoms with van der Waals surface area (Å²) >= 11 is 0. The van der Waals surface area contributed by atoms with Crippen LogP contribution < -0.4 is 5.32 Å². The smallest absolute Gasteiger partial charge is 0.247 e. The molecule has 5 heteroatoms. The first-order valence-corrected chi connectivity index (χ1v) is 8.32. The van der Waals surface area contributed by atoms with Gasteiger partial charge in [-0.15, -0.1) is 10.2 Å². The van der Waals surface area contributed by atoms with Crippen LogP contribution in [0.1, 0.15) is 29.0 Å². The summed E-state index contributed by atoms with van der Waals surface area (Å²) in [5.41, 5.74) is 4.41. The van der Waals surface area contributed by atoms with Crippen LogP contribution in [0.3, 0.4) is 0 Å². The molecule has 0 radical (unpaired) electrons. The molecule has 0 spiro atoms. The van der Waals surface area contributed by atoms with Gasteiger partial charge in [0.1, 0.15) is 0 Å². The van der Waals surface area contributed by atoms with Gasteiger partial charge in [-0.2, -0.15) is 0 Å². The molecule has 128 valence electrons. The predicted molar refractivity (Wildman–Crippen MR) is 95.8 cm³/mol. The maximum Gasteiger partial charge on any atom is 0.247 e. The third-order valence-electron chi connectivity index (χ3n) is 4.03. The van der Waals surface area contributed by atoms with E-state index in [1.807, 2.05) is 30.3 Å². The number of nitrogens with one attached hydrogen (secondary N) is 1. The van der Waals surface area contributed by atoms with Crippen molar-refractivity contribution in [2.24, 2.45) is 0 Å². The Morgan fingerprint density at radius 1 is 1.08 bits per heavy atom. The lowest BCUT2D eigenvalue weighted by atomic mass is 10.1. The quantitative estimate of drug-likeness (QED) is 0.747. The highest BCUT2D eigenvalue weighted by atomic mass is 16.4. The fourth-order valence-corrected chi connectivity index (χ4v) is 2.60. The van der Waals surface area contributed by atoms with E-state index in [-0.39, 0.29) is 5.91 Å². The van der Waals surface area contributed by atoms with Crippen molar-refractivity contribution in [3.63, 3.8) is 0 Å². The van der Waals surface area contributed by atoms with Gasteiger partial charge in [0.15, 0.2) is 0 Å². The number of amides is 1. The van der Waals surface area contributed by atoms with Gasteiger partial charge in [-0.1, -0.05) is 42.0 Å². The van der Waals surface area contributed by atoms with Crippen LogP contribution in [0, 0.1) is 13.8 Å². The van der Waals surface area contributed by atoms with E-state index in [1.54, 1.807) is 0 Å². The Balaban J connectivity index is 1.50. The van der Waals surface area contributed by atoms with Gasteiger partial charge in [0, 0.05) is 24.9 Å². The van der Waals surface area contributed by atoms with Crippen molar-refractivity contribution < 1.29 is 9.21 Å². The Labute approximate surface area is 147 Å². The first kappa shape index (κ1) is 16.9. The largest absolute Gasteiger partial charge is 0.421 e. The van der Waals surface area contributed by atoms with Gasteiger partial charge in [0.25, 0.3) is 0 Å². The lowest BCUT2D eigenvalue weighted by Gasteiger charge is -2.08. The third kappa shape index (κ3) is 4.53. The average Bonchev–Trinajstić information content (AvgIpc) is 3.09. The molecule has 0 bridgehead atoms. The fourth-order valence-electron chi connectivity index (χ4n) is 2.60. The van der Waals surface area contributed by atoms with Gasteiger partial charge in [0.05, 0.1) is 0 Å². The van der Waals surface area contributed by atoms with Crippen LogP contribution in [0.25, 0.3) is 11.5 Å². The molecular weight excluding hydrogens is 314 g/mol. The molecule has 0 atom stereocenters. The summed E-state index contributed by atoms with van der Waals surface area (Å²) in [5, 5.41) is 11.0. The van der Waals surface area contributed by atoms with Crippen molar-refractivity contribution in [2.75, 3.05) is 0 Å². The van der Waals surface area contributed by atoms with Crippen molar-refractivity contribution in [2.45, 2.75) is 33.2 Å². The number of benzene rings is 2. The molecule has 3 aromatic rings. The molecule has 0 unspecified atom stereocenters. The molecule has 25 heavy (non-hydrogen) atoms. The number of rotatable bonds is 6. The van der Waals surface area contributed by atoms with E-state index in [9.17, 15) is 4.79 Å². The zero-order valence-corrected chi connectivity index (χ0v) is 14.5. The molecule has 0 saturated carbocycles. The Kier molecular flexibility index (Phi) is 5.23. The van der Waals surface area contributed by atoms with Gasteiger partial charge in [-0.3, -0.25) is 4.79 Å². The first-order valence-electron chi connectivity index (χ1n) is 8.32. The second-order valence-electron chi connectivity index (χ2n) is 6.07. The van der Waals surface area contributed by atoms with Crippen LogP contribution in [0.15, 0.2) is 52.9 Å². The third-order valence-corrected chi connectivity index (χ3v) is 4.03. The van der Waals surface area contributed by atoms with Crippen LogP contribution in [0.5, 0.6) is 0 Å². The Bertz CT molecular complexity index is 856. The molecule has 0 fully saturated rings. The maximum atomic E-state index is 12.0. The highest BCUT2D eigenvalue weighted by Crippen LogP contribution is 2.17. The van der Waals surface area contributed by atoms with Gasteiger partial charge in [-0.05, 0) is 37.1 Å². The van der Waals surface area contributed by atoms with E-state index in [2.05, 4.69) is 47.6 Å². The number of aromatic nitrogens is 2. The van der Waals surface area contributed by atoms with Crippen molar-refractivity contribution in [3.8, 4) is 11.5 Å². The second-order valence-corrected chi connectivity index (χ2v) is 6.07. The minimum Gasteiger partial charge on any atom is -0.421 e. The molecule has 1 heterocycles. The monoisotopic (exact) mass is 335 g/mol. The van der Waals surface area contributed by atoms with E-state index >= 15 is 0 Å². The molecule has 3 rings (SSSR count). The molecule has 5 nitrogen and oxygen atoms in total. The van der Waals surface area contributed by atoms with Gasteiger partial charge < -0.3 is 9.73 Å². The summed E-state index contributed by atoms with van der Waals surface area (Å²) in [7, 11) is 0. The van der Waals surface area contributed by atoms with Crippen LogP contribution in [-0.4, -0.2) is 16.1 Å². The van der Waals surface area contributed by atoms with Crippen molar-refractivity contribution in [3.05, 3.63) is 71.1 Å². The summed E-state index contributed by atoms with van der Waals surface area (Å²) in [6, 6.07) is 15.8. The van der Waals surface area contributed by atoms with Crippen LogP contribution in [-0.2, 0) is 17.8 Å². The Morgan fingerprint density at radius 3 is 2.64 bits per heavy atom. The van der Waals surface area contributed by atoms with Crippen LogP contribution >= 0.6 is 0 Å². The van der Waals surface area contributed by atoms with Gasteiger partial charge in [-0.25, -0.2) is 0 Å². The van der Waals surface area contributed by atoms with E-state index in [0.717, 1.165) is 11.1 Å².